The maximum atomic E-state index is 9.23. The molecule has 0 fully saturated rings. The van der Waals surface area contributed by atoms with Gasteiger partial charge < -0.3 is 24.8 Å². The maximum Gasteiger partial charge on any atom is 0.707 e. The van der Waals surface area contributed by atoms with Crippen molar-refractivity contribution in [3.05, 3.63) is 36.4 Å². The van der Waals surface area contributed by atoms with Crippen LogP contribution in [0.25, 0.3) is 20.2 Å². The first-order chi connectivity index (χ1) is 9.54. The van der Waals surface area contributed by atoms with Crippen LogP contribution in [0.4, 0.5) is 0 Å². The van der Waals surface area contributed by atoms with Gasteiger partial charge in [-0.2, -0.15) is 0 Å². The molecule has 0 radical (unpaired) electrons. The van der Waals surface area contributed by atoms with Crippen molar-refractivity contribution in [1.29, 1.82) is 0 Å². The molecule has 1 aromatic heterocycles. The van der Waals surface area contributed by atoms with Gasteiger partial charge in [0.15, 0.2) is 0 Å². The van der Waals surface area contributed by atoms with E-state index in [1.807, 2.05) is 12.1 Å². The molecule has 20 heavy (non-hydrogen) atoms. The lowest BCUT2D eigenvalue weighted by Crippen LogP contribution is -2.29. The summed E-state index contributed by atoms with van der Waals surface area (Å²) < 4.78 is 6.84. The fraction of sp³-hybridized carbons (Fsp3) is 0. The Kier molecular flexibility index (Phi) is 3.41. The average Bonchev–Trinajstić information content (AvgIpc) is 2.75. The number of benzene rings is 2. The molecule has 5 nitrogen and oxygen atoms in total. The molecule has 0 bridgehead atoms. The fourth-order valence-corrected chi connectivity index (χ4v) is 3.20. The van der Waals surface area contributed by atoms with Crippen LogP contribution in [-0.2, 0) is 0 Å². The number of hydrogen-bond donors (Lipinski definition) is 4. The van der Waals surface area contributed by atoms with Crippen LogP contribution in [0.1, 0.15) is 0 Å². The van der Waals surface area contributed by atoms with Crippen LogP contribution < -0.4 is 10.1 Å². The van der Waals surface area contributed by atoms with Crippen LogP contribution in [0.3, 0.4) is 0 Å². The molecule has 3 aromatic rings. The number of rotatable bonds is 3. The SMILES string of the molecule is OB(O)Oc1ccc2sc3ccc(B(O)O)cc3c2c1. The molecule has 0 aliphatic heterocycles. The Morgan fingerprint density at radius 3 is 2.15 bits per heavy atom. The van der Waals surface area contributed by atoms with Crippen LogP contribution in [-0.4, -0.2) is 34.5 Å². The summed E-state index contributed by atoms with van der Waals surface area (Å²) in [7, 11) is -3.39. The van der Waals surface area contributed by atoms with Crippen molar-refractivity contribution < 1.29 is 24.8 Å². The summed E-state index contributed by atoms with van der Waals surface area (Å²) >= 11 is 1.57. The van der Waals surface area contributed by atoms with Gasteiger partial charge in [0.2, 0.25) is 0 Å². The third-order valence-electron chi connectivity index (χ3n) is 3.00. The standard InChI is InChI=1S/C12H10B2O5S/c15-13(16)7-1-3-11-9(5-7)10-6-8(19-14(17)18)2-4-12(10)20-11/h1-6,15-18H. The first-order valence-corrected chi connectivity index (χ1v) is 6.71. The minimum Gasteiger partial charge on any atom is -0.512 e. The number of thiophene rings is 1. The first-order valence-electron chi connectivity index (χ1n) is 5.90. The summed E-state index contributed by atoms with van der Waals surface area (Å²) in [5.41, 5.74) is 0.408. The quantitative estimate of drug-likeness (QED) is 0.513. The molecule has 0 saturated heterocycles. The van der Waals surface area contributed by atoms with Gasteiger partial charge in [0.05, 0.1) is 0 Å². The molecule has 0 atom stereocenters. The largest absolute Gasteiger partial charge is 0.707 e. The molecule has 0 amide bonds. The highest BCUT2D eigenvalue weighted by Crippen LogP contribution is 2.35. The Morgan fingerprint density at radius 1 is 0.850 bits per heavy atom. The topological polar surface area (TPSA) is 90.2 Å². The third-order valence-corrected chi connectivity index (χ3v) is 4.16. The van der Waals surface area contributed by atoms with E-state index in [1.54, 1.807) is 35.6 Å². The second-order valence-corrected chi connectivity index (χ2v) is 5.42. The zero-order valence-electron chi connectivity index (χ0n) is 10.2. The molecular weight excluding hydrogens is 278 g/mol. The van der Waals surface area contributed by atoms with Gasteiger partial charge in [-0.3, -0.25) is 0 Å². The van der Waals surface area contributed by atoms with Gasteiger partial charge in [-0.15, -0.1) is 11.3 Å². The molecule has 0 unspecified atom stereocenters. The third kappa shape index (κ3) is 2.39. The van der Waals surface area contributed by atoms with Crippen LogP contribution in [0.15, 0.2) is 36.4 Å². The van der Waals surface area contributed by atoms with Gasteiger partial charge in [0.1, 0.15) is 5.75 Å². The van der Waals surface area contributed by atoms with Gasteiger partial charge >= 0.3 is 14.4 Å². The second kappa shape index (κ2) is 5.08. The lowest BCUT2D eigenvalue weighted by Gasteiger charge is -2.04. The van der Waals surface area contributed by atoms with E-state index in [1.165, 1.54) is 0 Å². The van der Waals surface area contributed by atoms with Gasteiger partial charge in [-0.05, 0) is 29.7 Å². The van der Waals surface area contributed by atoms with E-state index in [0.29, 0.717) is 11.2 Å². The zero-order valence-corrected chi connectivity index (χ0v) is 11.0. The van der Waals surface area contributed by atoms with Crippen molar-refractivity contribution in [2.75, 3.05) is 0 Å². The molecule has 4 N–H and O–H groups in total. The lowest BCUT2D eigenvalue weighted by molar-refractivity contribution is 0.288. The fourth-order valence-electron chi connectivity index (χ4n) is 2.13. The second-order valence-electron chi connectivity index (χ2n) is 4.33. The molecule has 1 heterocycles. The van der Waals surface area contributed by atoms with Gasteiger partial charge in [0.25, 0.3) is 0 Å². The Labute approximate surface area is 119 Å². The summed E-state index contributed by atoms with van der Waals surface area (Å²) in [6.45, 7) is 0. The minimum absolute atomic E-state index is 0.335. The van der Waals surface area contributed by atoms with Crippen LogP contribution in [0.5, 0.6) is 5.75 Å². The van der Waals surface area contributed by atoms with Crippen molar-refractivity contribution in [2.45, 2.75) is 0 Å². The van der Waals surface area contributed by atoms with Crippen molar-refractivity contribution in [2.24, 2.45) is 0 Å². The highest BCUT2D eigenvalue weighted by Gasteiger charge is 2.15. The normalized spacial score (nSPS) is 11.0. The Morgan fingerprint density at radius 2 is 1.50 bits per heavy atom. The van der Waals surface area contributed by atoms with Crippen molar-refractivity contribution in [1.82, 2.24) is 0 Å². The zero-order chi connectivity index (χ0) is 14.3. The lowest BCUT2D eigenvalue weighted by atomic mass is 9.80. The van der Waals surface area contributed by atoms with E-state index in [-0.39, 0.29) is 0 Å². The molecule has 100 valence electrons. The monoisotopic (exact) mass is 288 g/mol. The van der Waals surface area contributed by atoms with E-state index in [2.05, 4.69) is 0 Å². The van der Waals surface area contributed by atoms with Crippen molar-refractivity contribution in [3.63, 3.8) is 0 Å². The van der Waals surface area contributed by atoms with Gasteiger partial charge in [-0.25, -0.2) is 0 Å². The Balaban J connectivity index is 2.20. The highest BCUT2D eigenvalue weighted by atomic mass is 32.1. The van der Waals surface area contributed by atoms with E-state index < -0.39 is 14.4 Å². The summed E-state index contributed by atoms with van der Waals surface area (Å²) in [6, 6.07) is 10.4. The molecule has 0 aliphatic carbocycles. The van der Waals surface area contributed by atoms with E-state index in [9.17, 15) is 10.0 Å². The van der Waals surface area contributed by atoms with Crippen molar-refractivity contribution in [3.8, 4) is 5.75 Å². The molecule has 0 spiro atoms. The smallest absolute Gasteiger partial charge is 0.512 e. The molecule has 0 aliphatic rings. The number of fused-ring (bicyclic) bond motifs is 3. The predicted octanol–water partition coefficient (Wildman–Crippen LogP) is 0.0826. The van der Waals surface area contributed by atoms with Crippen LogP contribution in [0.2, 0.25) is 0 Å². The number of hydrogen-bond acceptors (Lipinski definition) is 6. The Bertz CT molecular complexity index is 771. The first kappa shape index (κ1) is 13.4. The minimum atomic E-state index is -1.87. The van der Waals surface area contributed by atoms with Crippen LogP contribution >= 0.6 is 11.3 Å². The van der Waals surface area contributed by atoms with E-state index in [0.717, 1.165) is 20.2 Å². The van der Waals surface area contributed by atoms with Crippen molar-refractivity contribution >= 4 is 51.4 Å². The van der Waals surface area contributed by atoms with Crippen LogP contribution in [0, 0.1) is 0 Å². The predicted molar refractivity (Wildman–Crippen MR) is 80.0 cm³/mol. The van der Waals surface area contributed by atoms with E-state index in [4.69, 9.17) is 14.7 Å². The average molecular weight is 288 g/mol. The van der Waals surface area contributed by atoms with Gasteiger partial charge in [-0.1, -0.05) is 12.1 Å². The molecule has 0 saturated carbocycles. The summed E-state index contributed by atoms with van der Waals surface area (Å²) in [4.78, 5) is 0. The molecule has 8 heteroatoms. The molecule has 2 aromatic carbocycles. The maximum absolute atomic E-state index is 9.23. The summed E-state index contributed by atoms with van der Waals surface area (Å²) in [5.74, 6) is 0.335. The molecule has 3 rings (SSSR count). The highest BCUT2D eigenvalue weighted by molar-refractivity contribution is 7.25. The Hall–Kier alpha value is -1.57. The van der Waals surface area contributed by atoms with Gasteiger partial charge in [0, 0.05) is 20.2 Å². The molecular formula is C12H10B2O5S. The summed E-state index contributed by atoms with van der Waals surface area (Å²) in [5, 5.41) is 37.9. The summed E-state index contributed by atoms with van der Waals surface area (Å²) in [6.07, 6.45) is 0. The van der Waals surface area contributed by atoms with E-state index >= 15 is 0 Å².